The van der Waals surface area contributed by atoms with Gasteiger partial charge in [-0.15, -0.1) is 0 Å². The number of ether oxygens (including phenoxy) is 2. The van der Waals surface area contributed by atoms with Gasteiger partial charge >= 0.3 is 12.2 Å². The lowest BCUT2D eigenvalue weighted by atomic mass is 10.0. The Morgan fingerprint density at radius 1 is 0.909 bits per heavy atom. The lowest BCUT2D eigenvalue weighted by molar-refractivity contribution is 0.00562. The van der Waals surface area contributed by atoms with Gasteiger partial charge in [0.25, 0.3) is 5.56 Å². The minimum atomic E-state index is -0.666. The van der Waals surface area contributed by atoms with Crippen molar-refractivity contribution in [1.82, 2.24) is 14.4 Å². The number of rotatable bonds is 7. The number of phenols is 2. The van der Waals surface area contributed by atoms with Crippen molar-refractivity contribution in [3.8, 4) is 11.5 Å². The number of hydrogen-bond donors (Lipinski definition) is 3. The molecule has 2 amide bonds. The third-order valence-electron chi connectivity index (χ3n) is 7.31. The predicted octanol–water partition coefficient (Wildman–Crippen LogP) is 5.66. The van der Waals surface area contributed by atoms with Crippen LogP contribution in [0.1, 0.15) is 59.9 Å². The van der Waals surface area contributed by atoms with Crippen molar-refractivity contribution in [3.63, 3.8) is 0 Å². The zero-order chi connectivity index (χ0) is 32.2. The topological polar surface area (TPSA) is 134 Å². The van der Waals surface area contributed by atoms with Crippen molar-refractivity contribution in [2.24, 2.45) is 0 Å². The highest BCUT2D eigenvalue weighted by atomic mass is 16.6. The van der Waals surface area contributed by atoms with E-state index in [1.54, 1.807) is 36.3 Å². The SMILES string of the molecule is CC(C)(C)OC(=O)Nc1cc(=O)n(CCN2CCC(N(Cc3ccc(O)c(O)c3)C(=O)OC(C)(C)C)CC2)c2ccccc12. The largest absolute Gasteiger partial charge is 0.504 e. The molecule has 238 valence electrons. The highest BCUT2D eigenvalue weighted by molar-refractivity contribution is 5.98. The van der Waals surface area contributed by atoms with Gasteiger partial charge in [-0.1, -0.05) is 24.3 Å². The molecule has 0 bridgehead atoms. The predicted molar refractivity (Wildman–Crippen MR) is 169 cm³/mol. The van der Waals surface area contributed by atoms with Crippen molar-refractivity contribution in [3.05, 3.63) is 64.4 Å². The Balaban J connectivity index is 1.44. The molecule has 0 atom stereocenters. The van der Waals surface area contributed by atoms with E-state index in [4.69, 9.17) is 9.47 Å². The summed E-state index contributed by atoms with van der Waals surface area (Å²) in [6, 6.07) is 13.3. The zero-order valence-corrected chi connectivity index (χ0v) is 26.4. The van der Waals surface area contributed by atoms with Gasteiger partial charge in [0.1, 0.15) is 11.2 Å². The minimum Gasteiger partial charge on any atom is -0.504 e. The van der Waals surface area contributed by atoms with Crippen molar-refractivity contribution in [2.75, 3.05) is 25.0 Å². The smallest absolute Gasteiger partial charge is 0.412 e. The summed E-state index contributed by atoms with van der Waals surface area (Å²) in [5.41, 5.74) is 0.250. The van der Waals surface area contributed by atoms with Crippen LogP contribution in [0.15, 0.2) is 53.3 Å². The Hall–Kier alpha value is -4.25. The number of aromatic nitrogens is 1. The fourth-order valence-corrected chi connectivity index (χ4v) is 5.31. The fourth-order valence-electron chi connectivity index (χ4n) is 5.31. The zero-order valence-electron chi connectivity index (χ0n) is 26.4. The van der Waals surface area contributed by atoms with Crippen LogP contribution in [0, 0.1) is 0 Å². The lowest BCUT2D eigenvalue weighted by Crippen LogP contribution is -2.49. The molecule has 3 aromatic rings. The number of phenolic OH excluding ortho intramolecular Hbond substituents is 2. The van der Waals surface area contributed by atoms with Gasteiger partial charge in [0.15, 0.2) is 11.5 Å². The number of likely N-dealkylation sites (tertiary alicyclic amines) is 1. The highest BCUT2D eigenvalue weighted by Gasteiger charge is 2.31. The number of carbonyl (C=O) groups is 2. The molecule has 2 aromatic carbocycles. The van der Waals surface area contributed by atoms with E-state index in [0.717, 1.165) is 18.5 Å². The number of hydrogen-bond acceptors (Lipinski definition) is 8. The number of pyridine rings is 1. The molecule has 11 heteroatoms. The van der Waals surface area contributed by atoms with Crippen LogP contribution in [-0.4, -0.2) is 73.6 Å². The Kier molecular flexibility index (Phi) is 9.78. The van der Waals surface area contributed by atoms with Crippen molar-refractivity contribution in [1.29, 1.82) is 0 Å². The monoisotopic (exact) mass is 608 g/mol. The Labute approximate surface area is 258 Å². The van der Waals surface area contributed by atoms with E-state index in [2.05, 4.69) is 10.2 Å². The van der Waals surface area contributed by atoms with Crippen LogP contribution in [0.5, 0.6) is 11.5 Å². The molecule has 11 nitrogen and oxygen atoms in total. The van der Waals surface area contributed by atoms with Crippen LogP contribution in [0.25, 0.3) is 10.9 Å². The highest BCUT2D eigenvalue weighted by Crippen LogP contribution is 2.28. The fraction of sp³-hybridized carbons (Fsp3) is 0.485. The Morgan fingerprint density at radius 2 is 1.57 bits per heavy atom. The first kappa shape index (κ1) is 32.7. The molecule has 1 saturated heterocycles. The van der Waals surface area contributed by atoms with E-state index in [0.29, 0.717) is 42.7 Å². The normalized spacial score (nSPS) is 14.8. The number of aromatic hydroxyl groups is 2. The van der Waals surface area contributed by atoms with Crippen molar-refractivity contribution >= 4 is 28.8 Å². The molecule has 0 aliphatic carbocycles. The molecule has 1 aromatic heterocycles. The molecule has 2 heterocycles. The summed E-state index contributed by atoms with van der Waals surface area (Å²) in [6.45, 7) is 13.6. The summed E-state index contributed by atoms with van der Waals surface area (Å²) in [6.07, 6.45) is 0.363. The number of fused-ring (bicyclic) bond motifs is 1. The second-order valence-corrected chi connectivity index (χ2v) is 13.2. The number of nitrogens with zero attached hydrogens (tertiary/aromatic N) is 3. The number of amides is 2. The third-order valence-corrected chi connectivity index (χ3v) is 7.31. The van der Waals surface area contributed by atoms with Crippen molar-refractivity contribution in [2.45, 2.75) is 84.7 Å². The standard InChI is InChI=1S/C33H44N4O7/c1-32(2,3)43-30(41)34-25-20-29(40)36(26-10-8-7-9-24(25)26)18-17-35-15-13-23(14-16-35)37(31(42)44-33(4,5)6)21-22-11-12-27(38)28(39)19-22/h7-12,19-20,23,38-39H,13-18,21H2,1-6H3,(H,34,41). The van der Waals surface area contributed by atoms with Crippen LogP contribution in [-0.2, 0) is 22.6 Å². The summed E-state index contributed by atoms with van der Waals surface area (Å²) in [5.74, 6) is -0.454. The number of carbonyl (C=O) groups excluding carboxylic acids is 2. The van der Waals surface area contributed by atoms with Gasteiger partial charge in [-0.25, -0.2) is 9.59 Å². The summed E-state index contributed by atoms with van der Waals surface area (Å²) in [7, 11) is 0. The molecule has 0 unspecified atom stereocenters. The van der Waals surface area contributed by atoms with Gasteiger partial charge in [-0.05, 0) is 78.1 Å². The number of para-hydroxylation sites is 1. The lowest BCUT2D eigenvalue weighted by Gasteiger charge is -2.39. The van der Waals surface area contributed by atoms with Crippen molar-refractivity contribution < 1.29 is 29.3 Å². The summed E-state index contributed by atoms with van der Waals surface area (Å²) in [4.78, 5) is 42.8. The number of benzene rings is 2. The molecule has 4 rings (SSSR count). The molecule has 1 aliphatic heterocycles. The molecular formula is C33H44N4O7. The second-order valence-electron chi connectivity index (χ2n) is 13.2. The van der Waals surface area contributed by atoms with Gasteiger partial charge in [0, 0.05) is 50.2 Å². The quantitative estimate of drug-likeness (QED) is 0.293. The maximum atomic E-state index is 13.2. The van der Waals surface area contributed by atoms with Gasteiger partial charge < -0.3 is 34.1 Å². The van der Waals surface area contributed by atoms with Gasteiger partial charge in [0.2, 0.25) is 0 Å². The first-order valence-electron chi connectivity index (χ1n) is 14.9. The molecule has 1 aliphatic rings. The van der Waals surface area contributed by atoms with E-state index in [1.807, 2.05) is 45.0 Å². The minimum absolute atomic E-state index is 0.0844. The maximum absolute atomic E-state index is 13.2. The molecule has 44 heavy (non-hydrogen) atoms. The first-order valence-corrected chi connectivity index (χ1v) is 14.9. The average Bonchev–Trinajstić information content (AvgIpc) is 2.92. The number of anilines is 1. The molecular weight excluding hydrogens is 564 g/mol. The van der Waals surface area contributed by atoms with Crippen LogP contribution in [0.3, 0.4) is 0 Å². The van der Waals surface area contributed by atoms with E-state index in [-0.39, 0.29) is 29.6 Å². The van der Waals surface area contributed by atoms with Crippen LogP contribution in [0.4, 0.5) is 15.3 Å². The van der Waals surface area contributed by atoms with Gasteiger partial charge in [-0.2, -0.15) is 0 Å². The summed E-state index contributed by atoms with van der Waals surface area (Å²) in [5, 5.41) is 23.1. The summed E-state index contributed by atoms with van der Waals surface area (Å²) >= 11 is 0. The number of piperidine rings is 1. The average molecular weight is 609 g/mol. The van der Waals surface area contributed by atoms with Crippen LogP contribution in [0.2, 0.25) is 0 Å². The molecule has 3 N–H and O–H groups in total. The molecule has 0 radical (unpaired) electrons. The number of nitrogens with one attached hydrogen (secondary N) is 1. The maximum Gasteiger partial charge on any atom is 0.412 e. The van der Waals surface area contributed by atoms with E-state index in [1.165, 1.54) is 18.2 Å². The molecule has 1 fully saturated rings. The third kappa shape index (κ3) is 8.66. The Bertz CT molecular complexity index is 1550. The van der Waals surface area contributed by atoms with E-state index >= 15 is 0 Å². The second kappa shape index (κ2) is 13.2. The van der Waals surface area contributed by atoms with Gasteiger partial charge in [-0.3, -0.25) is 10.1 Å². The van der Waals surface area contributed by atoms with E-state index in [9.17, 15) is 24.6 Å². The first-order chi connectivity index (χ1) is 20.6. The Morgan fingerprint density at radius 3 is 2.20 bits per heavy atom. The van der Waals surface area contributed by atoms with Crippen LogP contribution >= 0.6 is 0 Å². The molecule has 0 spiro atoms. The molecule has 0 saturated carbocycles. The summed E-state index contributed by atoms with van der Waals surface area (Å²) < 4.78 is 12.8. The van der Waals surface area contributed by atoms with E-state index < -0.39 is 23.4 Å². The van der Waals surface area contributed by atoms with Crippen LogP contribution < -0.4 is 10.9 Å². The van der Waals surface area contributed by atoms with Gasteiger partial charge in [0.05, 0.1) is 11.2 Å².